The smallest absolute Gasteiger partial charge is 0.219 e. The van der Waals surface area contributed by atoms with Gasteiger partial charge in [0.1, 0.15) is 5.01 Å². The largest absolute Gasteiger partial charge is 0.298 e. The fourth-order valence-electron chi connectivity index (χ4n) is 0.849. The Bertz CT molecular complexity index is 383. The zero-order chi connectivity index (χ0) is 9.80. The van der Waals surface area contributed by atoms with E-state index < -0.39 is 0 Å². The Labute approximate surface area is 93.5 Å². The van der Waals surface area contributed by atoms with E-state index in [0.29, 0.717) is 5.13 Å². The molecule has 0 fully saturated rings. The summed E-state index contributed by atoms with van der Waals surface area (Å²) in [5.74, 6) is 6.05. The highest BCUT2D eigenvalue weighted by atomic mass is 32.2. The van der Waals surface area contributed by atoms with Crippen molar-refractivity contribution in [3.05, 3.63) is 22.5 Å². The van der Waals surface area contributed by atoms with Crippen LogP contribution in [-0.4, -0.2) is 10.2 Å². The molecule has 14 heavy (non-hydrogen) atoms. The summed E-state index contributed by atoms with van der Waals surface area (Å²) >= 11 is 4.98. The monoisotopic (exact) mass is 244 g/mol. The van der Waals surface area contributed by atoms with Crippen molar-refractivity contribution in [3.8, 4) is 0 Å². The van der Waals surface area contributed by atoms with Crippen LogP contribution in [0.25, 0.3) is 0 Å². The second kappa shape index (κ2) is 4.74. The first-order chi connectivity index (χ1) is 6.88. The van der Waals surface area contributed by atoms with Gasteiger partial charge in [0.25, 0.3) is 0 Å². The van der Waals surface area contributed by atoms with Crippen LogP contribution in [0.4, 0.5) is 5.13 Å². The number of aromatic nitrogens is 2. The zero-order valence-corrected chi connectivity index (χ0v) is 9.59. The Kier molecular flexibility index (Phi) is 3.35. The topological polar surface area (TPSA) is 63.8 Å². The van der Waals surface area contributed by atoms with E-state index in [4.69, 9.17) is 5.84 Å². The van der Waals surface area contributed by atoms with Gasteiger partial charge in [-0.05, 0) is 11.4 Å². The van der Waals surface area contributed by atoms with Crippen molar-refractivity contribution in [2.75, 3.05) is 5.43 Å². The maximum absolute atomic E-state index is 5.21. The molecule has 0 saturated carbocycles. The third-order valence-electron chi connectivity index (χ3n) is 1.42. The first kappa shape index (κ1) is 9.91. The predicted molar refractivity (Wildman–Crippen MR) is 61.6 cm³/mol. The van der Waals surface area contributed by atoms with Gasteiger partial charge in [-0.2, -0.15) is 0 Å². The molecule has 0 saturated heterocycles. The predicted octanol–water partition coefficient (Wildman–Crippen LogP) is 2.18. The molecule has 0 aliphatic carbocycles. The molecule has 0 atom stereocenters. The molecule has 2 aromatic rings. The standard InChI is InChI=1S/C7H8N4S3/c8-9-7-11-10-5(14-7)4-13-6-2-1-3-12-6/h1-3H,4,8H2,(H,9,11). The van der Waals surface area contributed by atoms with E-state index in [1.165, 1.54) is 15.5 Å². The highest BCUT2D eigenvalue weighted by Gasteiger charge is 2.03. The van der Waals surface area contributed by atoms with Gasteiger partial charge in [-0.1, -0.05) is 17.4 Å². The van der Waals surface area contributed by atoms with Crippen LogP contribution in [0.3, 0.4) is 0 Å². The van der Waals surface area contributed by atoms with E-state index in [0.717, 1.165) is 10.8 Å². The van der Waals surface area contributed by atoms with Crippen LogP contribution in [0.15, 0.2) is 21.7 Å². The van der Waals surface area contributed by atoms with Crippen LogP contribution in [0, 0.1) is 0 Å². The van der Waals surface area contributed by atoms with Gasteiger partial charge in [-0.3, -0.25) is 5.43 Å². The lowest BCUT2D eigenvalue weighted by Gasteiger charge is -1.91. The number of rotatable bonds is 4. The average molecular weight is 244 g/mol. The van der Waals surface area contributed by atoms with E-state index in [1.54, 1.807) is 23.1 Å². The number of hydrazine groups is 1. The summed E-state index contributed by atoms with van der Waals surface area (Å²) in [4.78, 5) is 0. The SMILES string of the molecule is NNc1nnc(CSc2cccs2)s1. The lowest BCUT2D eigenvalue weighted by Crippen LogP contribution is -2.05. The molecule has 74 valence electrons. The summed E-state index contributed by atoms with van der Waals surface area (Å²) in [6.07, 6.45) is 0. The lowest BCUT2D eigenvalue weighted by molar-refractivity contribution is 1.03. The molecule has 0 aromatic carbocycles. The maximum atomic E-state index is 5.21. The number of nitrogens with zero attached hydrogens (tertiary/aromatic N) is 2. The molecule has 2 aromatic heterocycles. The number of thiophene rings is 1. The molecule has 0 aliphatic heterocycles. The van der Waals surface area contributed by atoms with Gasteiger partial charge in [0, 0.05) is 0 Å². The van der Waals surface area contributed by atoms with Crippen LogP contribution in [-0.2, 0) is 5.75 Å². The van der Waals surface area contributed by atoms with Gasteiger partial charge >= 0.3 is 0 Å². The molecule has 0 amide bonds. The Hall–Kier alpha value is -0.630. The minimum atomic E-state index is 0.659. The van der Waals surface area contributed by atoms with E-state index >= 15 is 0 Å². The van der Waals surface area contributed by atoms with Crippen molar-refractivity contribution >= 4 is 39.6 Å². The Morgan fingerprint density at radius 2 is 2.43 bits per heavy atom. The summed E-state index contributed by atoms with van der Waals surface area (Å²) in [6.45, 7) is 0. The number of thioether (sulfide) groups is 1. The highest BCUT2D eigenvalue weighted by Crippen LogP contribution is 2.28. The number of nitrogen functional groups attached to an aromatic ring is 1. The van der Waals surface area contributed by atoms with E-state index in [1.807, 2.05) is 6.07 Å². The molecule has 0 bridgehead atoms. The number of nitrogens with two attached hydrogens (primary N) is 1. The number of nitrogens with one attached hydrogen (secondary N) is 1. The van der Waals surface area contributed by atoms with Crippen molar-refractivity contribution in [1.82, 2.24) is 10.2 Å². The molecule has 0 radical (unpaired) electrons. The van der Waals surface area contributed by atoms with Crippen LogP contribution in [0.1, 0.15) is 5.01 Å². The van der Waals surface area contributed by atoms with Crippen LogP contribution >= 0.6 is 34.4 Å². The molecule has 2 heterocycles. The summed E-state index contributed by atoms with van der Waals surface area (Å²) in [5.41, 5.74) is 2.48. The molecular weight excluding hydrogens is 236 g/mol. The minimum absolute atomic E-state index is 0.659. The molecule has 0 unspecified atom stereocenters. The van der Waals surface area contributed by atoms with Gasteiger partial charge in [-0.15, -0.1) is 33.3 Å². The highest BCUT2D eigenvalue weighted by molar-refractivity contribution is 8.00. The first-order valence-corrected chi connectivity index (χ1v) is 6.52. The van der Waals surface area contributed by atoms with Crippen molar-refractivity contribution in [1.29, 1.82) is 0 Å². The Morgan fingerprint density at radius 3 is 3.07 bits per heavy atom. The van der Waals surface area contributed by atoms with Crippen LogP contribution in [0.2, 0.25) is 0 Å². The van der Waals surface area contributed by atoms with Crippen molar-refractivity contribution in [2.45, 2.75) is 9.96 Å². The van der Waals surface area contributed by atoms with Crippen molar-refractivity contribution < 1.29 is 0 Å². The fraction of sp³-hybridized carbons (Fsp3) is 0.143. The molecule has 2 rings (SSSR count). The zero-order valence-electron chi connectivity index (χ0n) is 7.14. The average Bonchev–Trinajstić information content (AvgIpc) is 2.86. The van der Waals surface area contributed by atoms with Gasteiger partial charge < -0.3 is 0 Å². The van der Waals surface area contributed by atoms with E-state index in [-0.39, 0.29) is 0 Å². The molecule has 0 spiro atoms. The van der Waals surface area contributed by atoms with Crippen LogP contribution in [0.5, 0.6) is 0 Å². The normalized spacial score (nSPS) is 10.4. The molecule has 4 nitrogen and oxygen atoms in total. The third-order valence-corrected chi connectivity index (χ3v) is 4.60. The quantitative estimate of drug-likeness (QED) is 0.490. The third kappa shape index (κ3) is 2.44. The van der Waals surface area contributed by atoms with Crippen LogP contribution < -0.4 is 11.3 Å². The molecule has 0 aliphatic rings. The Balaban J connectivity index is 1.92. The maximum Gasteiger partial charge on any atom is 0.219 e. The van der Waals surface area contributed by atoms with Gasteiger partial charge in [-0.25, -0.2) is 5.84 Å². The van der Waals surface area contributed by atoms with E-state index in [9.17, 15) is 0 Å². The van der Waals surface area contributed by atoms with Gasteiger partial charge in [0.05, 0.1) is 9.96 Å². The van der Waals surface area contributed by atoms with Crippen molar-refractivity contribution in [3.63, 3.8) is 0 Å². The van der Waals surface area contributed by atoms with Crippen molar-refractivity contribution in [2.24, 2.45) is 5.84 Å². The summed E-state index contributed by atoms with van der Waals surface area (Å²) in [6, 6.07) is 4.14. The summed E-state index contributed by atoms with van der Waals surface area (Å²) < 4.78 is 1.29. The number of hydrogen-bond donors (Lipinski definition) is 2. The summed E-state index contributed by atoms with van der Waals surface area (Å²) in [5, 5.41) is 11.6. The molecular formula is C7H8N4S3. The second-order valence-corrected chi connectivity index (χ2v) is 5.65. The molecule has 7 heteroatoms. The minimum Gasteiger partial charge on any atom is -0.298 e. The Morgan fingerprint density at radius 1 is 1.50 bits per heavy atom. The molecule has 3 N–H and O–H groups in total. The fourth-order valence-corrected chi connectivity index (χ4v) is 3.27. The second-order valence-electron chi connectivity index (χ2n) is 2.37. The lowest BCUT2D eigenvalue weighted by atomic mass is 10.7. The van der Waals surface area contributed by atoms with Gasteiger partial charge in [0.2, 0.25) is 5.13 Å². The number of hydrogen-bond acceptors (Lipinski definition) is 7. The summed E-state index contributed by atoms with van der Waals surface area (Å²) in [7, 11) is 0. The van der Waals surface area contributed by atoms with E-state index in [2.05, 4.69) is 27.1 Å². The van der Waals surface area contributed by atoms with Gasteiger partial charge in [0.15, 0.2) is 0 Å². The number of anilines is 1. The first-order valence-electron chi connectivity index (χ1n) is 3.84.